The Balaban J connectivity index is 1.96. The highest BCUT2D eigenvalue weighted by atomic mass is 19.4. The molecule has 0 amide bonds. The van der Waals surface area contributed by atoms with E-state index in [0.717, 1.165) is 12.1 Å². The number of benzene rings is 1. The van der Waals surface area contributed by atoms with Crippen LogP contribution in [0.5, 0.6) is 0 Å². The van der Waals surface area contributed by atoms with Crippen LogP contribution in [-0.2, 0) is 11.0 Å². The molecule has 0 saturated carbocycles. The number of rotatable bonds is 4. The molecule has 1 unspecified atom stereocenters. The van der Waals surface area contributed by atoms with Gasteiger partial charge in [-0.3, -0.25) is 9.69 Å². The molecule has 1 fully saturated rings. The van der Waals surface area contributed by atoms with E-state index in [1.54, 1.807) is 13.0 Å². The van der Waals surface area contributed by atoms with Crippen LogP contribution in [0, 0.1) is 5.92 Å². The highest BCUT2D eigenvalue weighted by Crippen LogP contribution is 2.31. The van der Waals surface area contributed by atoms with E-state index in [2.05, 4.69) is 0 Å². The number of anilines is 1. The number of halogens is 3. The molecular weight excluding hydrogens is 297 g/mol. The van der Waals surface area contributed by atoms with Gasteiger partial charge in [0.1, 0.15) is 0 Å². The zero-order chi connectivity index (χ0) is 16.3. The van der Waals surface area contributed by atoms with Crippen molar-refractivity contribution >= 4 is 11.7 Å². The first-order valence-electron chi connectivity index (χ1n) is 7.15. The minimum atomic E-state index is -4.34. The second-order valence-electron chi connectivity index (χ2n) is 5.58. The van der Waals surface area contributed by atoms with Crippen molar-refractivity contribution in [3.8, 4) is 0 Å². The Kier molecular flexibility index (Phi) is 4.95. The average Bonchev–Trinajstić information content (AvgIpc) is 2.47. The van der Waals surface area contributed by atoms with Crippen molar-refractivity contribution < 1.29 is 23.1 Å². The van der Waals surface area contributed by atoms with E-state index in [1.165, 1.54) is 6.07 Å². The van der Waals surface area contributed by atoms with Gasteiger partial charge in [0.25, 0.3) is 0 Å². The van der Waals surface area contributed by atoms with Gasteiger partial charge in [0, 0.05) is 38.4 Å². The minimum Gasteiger partial charge on any atom is -0.481 e. The molecule has 1 aromatic rings. The van der Waals surface area contributed by atoms with Crippen LogP contribution in [0.15, 0.2) is 24.3 Å². The molecule has 0 aliphatic carbocycles. The molecule has 1 aliphatic heterocycles. The van der Waals surface area contributed by atoms with Gasteiger partial charge in [-0.2, -0.15) is 13.2 Å². The van der Waals surface area contributed by atoms with Crippen LogP contribution in [0.25, 0.3) is 0 Å². The van der Waals surface area contributed by atoms with E-state index in [9.17, 15) is 18.0 Å². The number of carbonyl (C=O) groups is 1. The maximum Gasteiger partial charge on any atom is 0.416 e. The summed E-state index contributed by atoms with van der Waals surface area (Å²) in [5.74, 6) is -1.28. The van der Waals surface area contributed by atoms with Gasteiger partial charge in [0.2, 0.25) is 0 Å². The average molecular weight is 316 g/mol. The van der Waals surface area contributed by atoms with Crippen LogP contribution < -0.4 is 4.90 Å². The molecule has 1 heterocycles. The fraction of sp³-hybridized carbons (Fsp3) is 0.533. The second-order valence-corrected chi connectivity index (χ2v) is 5.58. The molecule has 1 aromatic carbocycles. The summed E-state index contributed by atoms with van der Waals surface area (Å²) in [4.78, 5) is 14.8. The third-order valence-electron chi connectivity index (χ3n) is 3.86. The Morgan fingerprint density at radius 2 is 1.91 bits per heavy atom. The first-order valence-corrected chi connectivity index (χ1v) is 7.15. The van der Waals surface area contributed by atoms with Crippen LogP contribution in [0.1, 0.15) is 12.5 Å². The van der Waals surface area contributed by atoms with E-state index in [0.29, 0.717) is 38.4 Å². The first-order chi connectivity index (χ1) is 10.3. The molecule has 7 heteroatoms. The standard InChI is InChI=1S/C15H19F3N2O2/c1-11(14(21)22)10-19-5-7-20(8-6-19)13-4-2-3-12(9-13)15(16,17)18/h2-4,9,11H,5-8,10H2,1H3,(H,21,22). The molecule has 22 heavy (non-hydrogen) atoms. The number of carboxylic acid groups (broad SMARTS) is 1. The molecular formula is C15H19F3N2O2. The molecule has 0 bridgehead atoms. The first kappa shape index (κ1) is 16.6. The largest absolute Gasteiger partial charge is 0.481 e. The lowest BCUT2D eigenvalue weighted by molar-refractivity contribution is -0.141. The third-order valence-corrected chi connectivity index (χ3v) is 3.86. The smallest absolute Gasteiger partial charge is 0.416 e. The summed E-state index contributed by atoms with van der Waals surface area (Å²) < 4.78 is 38.2. The molecule has 4 nitrogen and oxygen atoms in total. The Morgan fingerprint density at radius 1 is 1.27 bits per heavy atom. The van der Waals surface area contributed by atoms with Crippen LogP contribution in [-0.4, -0.2) is 48.7 Å². The van der Waals surface area contributed by atoms with E-state index < -0.39 is 23.6 Å². The molecule has 0 aromatic heterocycles. The van der Waals surface area contributed by atoms with Gasteiger partial charge in [-0.15, -0.1) is 0 Å². The van der Waals surface area contributed by atoms with Gasteiger partial charge in [0.05, 0.1) is 11.5 Å². The van der Waals surface area contributed by atoms with Crippen molar-refractivity contribution in [2.45, 2.75) is 13.1 Å². The number of hydrogen-bond donors (Lipinski definition) is 1. The summed E-state index contributed by atoms with van der Waals surface area (Å²) >= 11 is 0. The molecule has 1 aliphatic rings. The Morgan fingerprint density at radius 3 is 2.45 bits per heavy atom. The quantitative estimate of drug-likeness (QED) is 0.927. The van der Waals surface area contributed by atoms with E-state index in [-0.39, 0.29) is 0 Å². The van der Waals surface area contributed by atoms with Crippen molar-refractivity contribution in [1.82, 2.24) is 4.90 Å². The van der Waals surface area contributed by atoms with E-state index in [4.69, 9.17) is 5.11 Å². The van der Waals surface area contributed by atoms with Crippen molar-refractivity contribution in [3.63, 3.8) is 0 Å². The summed E-state index contributed by atoms with van der Waals surface area (Å²) in [6, 6.07) is 5.31. The fourth-order valence-corrected chi connectivity index (χ4v) is 2.53. The van der Waals surface area contributed by atoms with Gasteiger partial charge >= 0.3 is 12.1 Å². The molecule has 2 rings (SSSR count). The maximum absolute atomic E-state index is 12.7. The summed E-state index contributed by atoms with van der Waals surface area (Å²) in [6.45, 7) is 4.59. The lowest BCUT2D eigenvalue weighted by Gasteiger charge is -2.36. The van der Waals surface area contributed by atoms with Crippen LogP contribution in [0.4, 0.5) is 18.9 Å². The number of carboxylic acids is 1. The second kappa shape index (κ2) is 6.56. The number of hydrogen-bond acceptors (Lipinski definition) is 3. The monoisotopic (exact) mass is 316 g/mol. The molecule has 122 valence electrons. The molecule has 0 spiro atoms. The number of alkyl halides is 3. The van der Waals surface area contributed by atoms with Crippen molar-refractivity contribution in [1.29, 1.82) is 0 Å². The predicted molar refractivity (Wildman–Crippen MR) is 76.9 cm³/mol. The SMILES string of the molecule is CC(CN1CCN(c2cccc(C(F)(F)F)c2)CC1)C(=O)O. The Hall–Kier alpha value is -1.76. The van der Waals surface area contributed by atoms with Gasteiger partial charge < -0.3 is 10.0 Å². The third kappa shape index (κ3) is 4.13. The van der Waals surface area contributed by atoms with Crippen molar-refractivity contribution in [3.05, 3.63) is 29.8 Å². The molecule has 1 atom stereocenters. The van der Waals surface area contributed by atoms with Crippen molar-refractivity contribution in [2.24, 2.45) is 5.92 Å². The Bertz CT molecular complexity index is 526. The van der Waals surface area contributed by atoms with Crippen LogP contribution in [0.3, 0.4) is 0 Å². The number of piperazine rings is 1. The maximum atomic E-state index is 12.7. The summed E-state index contributed by atoms with van der Waals surface area (Å²) in [6.07, 6.45) is -4.34. The summed E-state index contributed by atoms with van der Waals surface area (Å²) in [5, 5.41) is 8.91. The summed E-state index contributed by atoms with van der Waals surface area (Å²) in [7, 11) is 0. The fourth-order valence-electron chi connectivity index (χ4n) is 2.53. The van der Waals surface area contributed by atoms with Gasteiger partial charge in [-0.05, 0) is 18.2 Å². The predicted octanol–water partition coefficient (Wildman–Crippen LogP) is 2.55. The normalized spacial score (nSPS) is 18.3. The zero-order valence-electron chi connectivity index (χ0n) is 12.3. The molecule has 1 N–H and O–H groups in total. The minimum absolute atomic E-state index is 0.444. The highest BCUT2D eigenvalue weighted by molar-refractivity contribution is 5.69. The highest BCUT2D eigenvalue weighted by Gasteiger charge is 2.31. The van der Waals surface area contributed by atoms with Crippen LogP contribution in [0.2, 0.25) is 0 Å². The van der Waals surface area contributed by atoms with E-state index >= 15 is 0 Å². The number of aliphatic carboxylic acids is 1. The van der Waals surface area contributed by atoms with Gasteiger partial charge in [0.15, 0.2) is 0 Å². The topological polar surface area (TPSA) is 43.8 Å². The Labute approximate surface area is 127 Å². The van der Waals surface area contributed by atoms with Crippen molar-refractivity contribution in [2.75, 3.05) is 37.6 Å². The lowest BCUT2D eigenvalue weighted by Crippen LogP contribution is -2.48. The van der Waals surface area contributed by atoms with Gasteiger partial charge in [-0.25, -0.2) is 0 Å². The molecule has 0 radical (unpaired) electrons. The van der Waals surface area contributed by atoms with Crippen LogP contribution >= 0.6 is 0 Å². The number of nitrogens with zero attached hydrogens (tertiary/aromatic N) is 2. The molecule has 1 saturated heterocycles. The summed E-state index contributed by atoms with van der Waals surface area (Å²) in [5.41, 5.74) is -0.0901. The lowest BCUT2D eigenvalue weighted by atomic mass is 10.1. The zero-order valence-corrected chi connectivity index (χ0v) is 12.3. The van der Waals surface area contributed by atoms with Gasteiger partial charge in [-0.1, -0.05) is 13.0 Å². The van der Waals surface area contributed by atoms with E-state index in [1.807, 2.05) is 9.80 Å².